The lowest BCUT2D eigenvalue weighted by Crippen LogP contribution is -2.08. The fraction of sp³-hybridized carbons (Fsp3) is 0.0909. The fourth-order valence-corrected chi connectivity index (χ4v) is 2.49. The number of hydrogen-bond donors (Lipinski definition) is 2. The lowest BCUT2D eigenvalue weighted by molar-refractivity contribution is -0.384. The molecular formula is C11H8ClN3O4S. The van der Waals surface area contributed by atoms with Gasteiger partial charge in [-0.3, -0.25) is 10.1 Å². The number of nitrogens with zero attached hydrogens (tertiary/aromatic N) is 2. The van der Waals surface area contributed by atoms with Gasteiger partial charge in [-0.2, -0.15) is 0 Å². The summed E-state index contributed by atoms with van der Waals surface area (Å²) in [6, 6.07) is 5.68. The SMILES string of the molecule is O=C(O)c1ccc([N+](=O)[O-])c(NCc2ccc(Cl)s2)n1. The van der Waals surface area contributed by atoms with Crippen LogP contribution in [0.1, 0.15) is 15.4 Å². The van der Waals surface area contributed by atoms with Crippen molar-refractivity contribution in [1.82, 2.24) is 4.98 Å². The number of nitrogens with one attached hydrogen (secondary N) is 1. The van der Waals surface area contributed by atoms with Crippen LogP contribution >= 0.6 is 22.9 Å². The van der Waals surface area contributed by atoms with Gasteiger partial charge in [0, 0.05) is 10.9 Å². The van der Waals surface area contributed by atoms with E-state index in [4.69, 9.17) is 16.7 Å². The zero-order chi connectivity index (χ0) is 14.7. The van der Waals surface area contributed by atoms with Crippen molar-refractivity contribution in [1.29, 1.82) is 0 Å². The van der Waals surface area contributed by atoms with Crippen LogP contribution in [0.2, 0.25) is 4.34 Å². The molecule has 0 saturated heterocycles. The van der Waals surface area contributed by atoms with Crippen LogP contribution in [0.3, 0.4) is 0 Å². The van der Waals surface area contributed by atoms with E-state index in [9.17, 15) is 14.9 Å². The molecule has 2 N–H and O–H groups in total. The smallest absolute Gasteiger partial charge is 0.354 e. The molecule has 9 heteroatoms. The van der Waals surface area contributed by atoms with E-state index in [0.29, 0.717) is 4.34 Å². The molecule has 0 aliphatic carbocycles. The van der Waals surface area contributed by atoms with Gasteiger partial charge in [-0.15, -0.1) is 11.3 Å². The number of aromatic carboxylic acids is 1. The molecule has 2 aromatic heterocycles. The van der Waals surface area contributed by atoms with Gasteiger partial charge in [0.1, 0.15) is 0 Å². The van der Waals surface area contributed by atoms with Crippen LogP contribution in [-0.4, -0.2) is 21.0 Å². The quantitative estimate of drug-likeness (QED) is 0.649. The molecule has 20 heavy (non-hydrogen) atoms. The van der Waals surface area contributed by atoms with Crippen molar-refractivity contribution >= 4 is 40.4 Å². The monoisotopic (exact) mass is 313 g/mol. The van der Waals surface area contributed by atoms with E-state index < -0.39 is 10.9 Å². The highest BCUT2D eigenvalue weighted by Crippen LogP contribution is 2.25. The third-order valence-electron chi connectivity index (χ3n) is 2.35. The third-order valence-corrected chi connectivity index (χ3v) is 3.58. The second-order valence-electron chi connectivity index (χ2n) is 3.69. The predicted octanol–water partition coefficient (Wildman–Crippen LogP) is 3.02. The van der Waals surface area contributed by atoms with Crippen LogP contribution in [0.15, 0.2) is 24.3 Å². The molecule has 0 amide bonds. The average Bonchev–Trinajstić information content (AvgIpc) is 2.81. The van der Waals surface area contributed by atoms with E-state index in [1.807, 2.05) is 0 Å². The van der Waals surface area contributed by atoms with Gasteiger partial charge in [-0.1, -0.05) is 11.6 Å². The van der Waals surface area contributed by atoms with Crippen molar-refractivity contribution in [2.75, 3.05) is 5.32 Å². The maximum atomic E-state index is 10.9. The molecule has 0 radical (unpaired) electrons. The highest BCUT2D eigenvalue weighted by molar-refractivity contribution is 7.16. The van der Waals surface area contributed by atoms with Gasteiger partial charge in [-0.05, 0) is 18.2 Å². The Morgan fingerprint density at radius 3 is 2.75 bits per heavy atom. The fourth-order valence-electron chi connectivity index (χ4n) is 1.47. The van der Waals surface area contributed by atoms with E-state index in [-0.39, 0.29) is 23.7 Å². The van der Waals surface area contributed by atoms with Crippen LogP contribution in [-0.2, 0) is 6.54 Å². The van der Waals surface area contributed by atoms with Gasteiger partial charge in [0.15, 0.2) is 5.69 Å². The second-order valence-corrected chi connectivity index (χ2v) is 5.49. The Morgan fingerprint density at radius 1 is 1.45 bits per heavy atom. The zero-order valence-corrected chi connectivity index (χ0v) is 11.4. The van der Waals surface area contributed by atoms with Crippen molar-refractivity contribution in [3.05, 3.63) is 49.3 Å². The van der Waals surface area contributed by atoms with E-state index in [2.05, 4.69) is 10.3 Å². The number of aromatic nitrogens is 1. The molecule has 0 aliphatic heterocycles. The Hall–Kier alpha value is -2.19. The highest BCUT2D eigenvalue weighted by atomic mass is 35.5. The zero-order valence-electron chi connectivity index (χ0n) is 9.87. The summed E-state index contributed by atoms with van der Waals surface area (Å²) in [6.07, 6.45) is 0. The first-order valence-corrected chi connectivity index (χ1v) is 6.53. The number of carboxylic acids is 1. The van der Waals surface area contributed by atoms with E-state index in [1.165, 1.54) is 11.3 Å². The molecule has 0 aromatic carbocycles. The minimum absolute atomic E-state index is 0.0839. The molecule has 0 spiro atoms. The summed E-state index contributed by atoms with van der Waals surface area (Å²) < 4.78 is 0.601. The number of hydrogen-bond acceptors (Lipinski definition) is 6. The normalized spacial score (nSPS) is 10.2. The van der Waals surface area contributed by atoms with Gasteiger partial charge in [0.05, 0.1) is 15.8 Å². The predicted molar refractivity (Wildman–Crippen MR) is 74.5 cm³/mol. The second kappa shape index (κ2) is 5.85. The number of thiophene rings is 1. The van der Waals surface area contributed by atoms with Crippen LogP contribution in [0.5, 0.6) is 0 Å². The van der Waals surface area contributed by atoms with Crippen molar-refractivity contribution < 1.29 is 14.8 Å². The Bertz CT molecular complexity index is 673. The third kappa shape index (κ3) is 3.22. The van der Waals surface area contributed by atoms with E-state index in [1.54, 1.807) is 12.1 Å². The number of pyridine rings is 1. The van der Waals surface area contributed by atoms with Crippen LogP contribution in [0.4, 0.5) is 11.5 Å². The van der Waals surface area contributed by atoms with E-state index in [0.717, 1.165) is 17.0 Å². The number of carbonyl (C=O) groups is 1. The minimum atomic E-state index is -1.25. The number of rotatable bonds is 5. The molecule has 7 nitrogen and oxygen atoms in total. The van der Waals surface area contributed by atoms with Crippen molar-refractivity contribution in [3.63, 3.8) is 0 Å². The Morgan fingerprint density at radius 2 is 2.20 bits per heavy atom. The summed E-state index contributed by atoms with van der Waals surface area (Å²) in [4.78, 5) is 25.7. The molecule has 0 aliphatic rings. The lowest BCUT2D eigenvalue weighted by atomic mass is 10.3. The van der Waals surface area contributed by atoms with Crippen LogP contribution in [0.25, 0.3) is 0 Å². The molecule has 0 fully saturated rings. The van der Waals surface area contributed by atoms with Crippen molar-refractivity contribution in [2.24, 2.45) is 0 Å². The number of halogens is 1. The van der Waals surface area contributed by atoms with Crippen molar-refractivity contribution in [2.45, 2.75) is 6.54 Å². The molecule has 0 atom stereocenters. The Balaban J connectivity index is 2.25. The number of nitro groups is 1. The Kier molecular flexibility index (Phi) is 4.16. The molecule has 104 valence electrons. The van der Waals surface area contributed by atoms with Crippen LogP contribution < -0.4 is 5.32 Å². The maximum Gasteiger partial charge on any atom is 0.354 e. The van der Waals surface area contributed by atoms with Crippen molar-refractivity contribution in [3.8, 4) is 0 Å². The topological polar surface area (TPSA) is 105 Å². The van der Waals surface area contributed by atoms with Gasteiger partial charge >= 0.3 is 11.7 Å². The summed E-state index contributed by atoms with van der Waals surface area (Å²) >= 11 is 7.10. The summed E-state index contributed by atoms with van der Waals surface area (Å²) in [5.41, 5.74) is -0.542. The number of carboxylic acid groups (broad SMARTS) is 1. The van der Waals surface area contributed by atoms with Gasteiger partial charge in [0.2, 0.25) is 5.82 Å². The average molecular weight is 314 g/mol. The summed E-state index contributed by atoms with van der Waals surface area (Å²) in [5.74, 6) is -1.33. The largest absolute Gasteiger partial charge is 0.477 e. The summed E-state index contributed by atoms with van der Waals surface area (Å²) in [5, 5.41) is 22.5. The Labute approximate surface area is 122 Å². The van der Waals surface area contributed by atoms with Gasteiger partial charge in [-0.25, -0.2) is 9.78 Å². The molecule has 0 bridgehead atoms. The molecule has 2 heterocycles. The first-order chi connectivity index (χ1) is 9.47. The molecule has 0 unspecified atom stereocenters. The first-order valence-electron chi connectivity index (χ1n) is 5.34. The molecule has 2 rings (SSSR count). The summed E-state index contributed by atoms with van der Waals surface area (Å²) in [6.45, 7) is 0.272. The lowest BCUT2D eigenvalue weighted by Gasteiger charge is -2.05. The summed E-state index contributed by atoms with van der Waals surface area (Å²) in [7, 11) is 0. The first kappa shape index (κ1) is 14.2. The molecule has 0 saturated carbocycles. The van der Waals surface area contributed by atoms with Gasteiger partial charge < -0.3 is 10.4 Å². The minimum Gasteiger partial charge on any atom is -0.477 e. The highest BCUT2D eigenvalue weighted by Gasteiger charge is 2.18. The molecule has 2 aromatic rings. The van der Waals surface area contributed by atoms with Crippen LogP contribution in [0, 0.1) is 10.1 Å². The maximum absolute atomic E-state index is 10.9. The molecular weight excluding hydrogens is 306 g/mol. The standard InChI is InChI=1S/C11H8ClN3O4S/c12-9-4-1-6(20-9)5-13-10-8(15(18)19)3-2-7(14-10)11(16)17/h1-4H,5H2,(H,13,14)(H,16,17). The van der Waals surface area contributed by atoms with Gasteiger partial charge in [0.25, 0.3) is 0 Å². The number of anilines is 1. The van der Waals surface area contributed by atoms with E-state index >= 15 is 0 Å².